The van der Waals surface area contributed by atoms with Crippen LogP contribution in [0.2, 0.25) is 0 Å². The minimum atomic E-state index is -0.303. The Labute approximate surface area is 120 Å². The quantitative estimate of drug-likeness (QED) is 0.864. The van der Waals surface area contributed by atoms with E-state index in [1.807, 2.05) is 24.3 Å². The van der Waals surface area contributed by atoms with E-state index in [1.54, 1.807) is 0 Å². The molecule has 1 unspecified atom stereocenters. The predicted molar refractivity (Wildman–Crippen MR) is 80.6 cm³/mol. The van der Waals surface area contributed by atoms with Gasteiger partial charge in [-0.3, -0.25) is 0 Å². The highest BCUT2D eigenvalue weighted by atomic mass is 32.1. The van der Waals surface area contributed by atoms with Crippen molar-refractivity contribution in [1.82, 2.24) is 0 Å². The standard InChI is InChI=1S/C15H21NO2S/c1-14(2)9-12(15(3,4)18-14)17-11-7-5-6-10(8-11)13(16)19/h5-8,12H,9H2,1-4H3,(H2,16,19). The summed E-state index contributed by atoms with van der Waals surface area (Å²) in [6.45, 7) is 8.29. The molecule has 0 aliphatic carbocycles. The average Bonchev–Trinajstić information content (AvgIpc) is 2.47. The van der Waals surface area contributed by atoms with E-state index in [-0.39, 0.29) is 17.3 Å². The lowest BCUT2D eigenvalue weighted by Crippen LogP contribution is -2.36. The summed E-state index contributed by atoms with van der Waals surface area (Å²) in [6, 6.07) is 7.58. The topological polar surface area (TPSA) is 44.5 Å². The summed E-state index contributed by atoms with van der Waals surface area (Å²) in [4.78, 5) is 0.382. The van der Waals surface area contributed by atoms with Crippen molar-refractivity contribution in [3.8, 4) is 5.75 Å². The molecule has 104 valence electrons. The van der Waals surface area contributed by atoms with E-state index in [1.165, 1.54) is 0 Å². The van der Waals surface area contributed by atoms with Gasteiger partial charge in [-0.25, -0.2) is 0 Å². The Balaban J connectivity index is 2.17. The molecule has 2 N–H and O–H groups in total. The molecule has 0 radical (unpaired) electrons. The van der Waals surface area contributed by atoms with Crippen LogP contribution in [-0.4, -0.2) is 22.3 Å². The summed E-state index contributed by atoms with van der Waals surface area (Å²) < 4.78 is 12.1. The van der Waals surface area contributed by atoms with E-state index in [2.05, 4.69) is 27.7 Å². The minimum Gasteiger partial charge on any atom is -0.487 e. The Morgan fingerprint density at radius 3 is 2.58 bits per heavy atom. The first kappa shape index (κ1) is 14.3. The second-order valence-electron chi connectivity index (χ2n) is 6.17. The molecule has 0 aromatic heterocycles. The largest absolute Gasteiger partial charge is 0.487 e. The SMILES string of the molecule is CC1(C)CC(Oc2cccc(C(N)=S)c2)C(C)(C)O1. The van der Waals surface area contributed by atoms with Gasteiger partial charge in [-0.15, -0.1) is 0 Å². The molecule has 1 fully saturated rings. The van der Waals surface area contributed by atoms with E-state index >= 15 is 0 Å². The molecule has 1 saturated heterocycles. The summed E-state index contributed by atoms with van der Waals surface area (Å²) in [5.41, 5.74) is 6.00. The fourth-order valence-electron chi connectivity index (χ4n) is 2.58. The molecule has 4 heteroatoms. The van der Waals surface area contributed by atoms with Gasteiger partial charge in [-0.2, -0.15) is 0 Å². The lowest BCUT2D eigenvalue weighted by atomic mass is 9.97. The van der Waals surface area contributed by atoms with Crippen LogP contribution in [0.5, 0.6) is 5.75 Å². The first-order chi connectivity index (χ1) is 8.70. The third kappa shape index (κ3) is 3.25. The highest BCUT2D eigenvalue weighted by molar-refractivity contribution is 7.80. The molecule has 1 aromatic carbocycles. The molecule has 1 aliphatic heterocycles. The summed E-state index contributed by atoms with van der Waals surface area (Å²) in [7, 11) is 0. The van der Waals surface area contributed by atoms with Gasteiger partial charge in [0.1, 0.15) is 22.4 Å². The van der Waals surface area contributed by atoms with Gasteiger partial charge < -0.3 is 15.2 Å². The lowest BCUT2D eigenvalue weighted by Gasteiger charge is -2.27. The number of benzene rings is 1. The smallest absolute Gasteiger partial charge is 0.130 e. The molecule has 2 rings (SSSR count). The maximum Gasteiger partial charge on any atom is 0.130 e. The first-order valence-corrected chi connectivity index (χ1v) is 6.87. The van der Waals surface area contributed by atoms with Crippen LogP contribution in [0.1, 0.15) is 39.7 Å². The molecule has 1 aliphatic rings. The van der Waals surface area contributed by atoms with Crippen LogP contribution in [0.15, 0.2) is 24.3 Å². The zero-order valence-electron chi connectivity index (χ0n) is 11.9. The van der Waals surface area contributed by atoms with Crippen LogP contribution < -0.4 is 10.5 Å². The highest BCUT2D eigenvalue weighted by Crippen LogP contribution is 2.39. The zero-order valence-corrected chi connectivity index (χ0v) is 12.7. The van der Waals surface area contributed by atoms with Crippen molar-refractivity contribution in [2.45, 2.75) is 51.4 Å². The maximum absolute atomic E-state index is 6.08. The number of rotatable bonds is 3. The average molecular weight is 279 g/mol. The van der Waals surface area contributed by atoms with Crippen LogP contribution in [0.25, 0.3) is 0 Å². The number of hydrogen-bond acceptors (Lipinski definition) is 3. The Morgan fingerprint density at radius 1 is 1.37 bits per heavy atom. The van der Waals surface area contributed by atoms with Gasteiger partial charge >= 0.3 is 0 Å². The van der Waals surface area contributed by atoms with Crippen molar-refractivity contribution < 1.29 is 9.47 Å². The molecule has 0 amide bonds. The van der Waals surface area contributed by atoms with E-state index < -0.39 is 0 Å². The van der Waals surface area contributed by atoms with Gasteiger partial charge in [0.25, 0.3) is 0 Å². The fourth-order valence-corrected chi connectivity index (χ4v) is 2.71. The number of ether oxygens (including phenoxy) is 2. The van der Waals surface area contributed by atoms with Gasteiger partial charge in [0.15, 0.2) is 0 Å². The zero-order chi connectivity index (χ0) is 14.3. The molecule has 1 atom stereocenters. The van der Waals surface area contributed by atoms with Crippen molar-refractivity contribution in [2.75, 3.05) is 0 Å². The van der Waals surface area contributed by atoms with Crippen molar-refractivity contribution in [3.63, 3.8) is 0 Å². The summed E-state index contributed by atoms with van der Waals surface area (Å²) in [5, 5.41) is 0. The Morgan fingerprint density at radius 2 is 2.05 bits per heavy atom. The third-order valence-corrected chi connectivity index (χ3v) is 3.62. The van der Waals surface area contributed by atoms with Gasteiger partial charge in [0.2, 0.25) is 0 Å². The van der Waals surface area contributed by atoms with E-state index in [4.69, 9.17) is 27.4 Å². The number of thiocarbonyl (C=S) groups is 1. The second-order valence-corrected chi connectivity index (χ2v) is 6.61. The summed E-state index contributed by atoms with van der Waals surface area (Å²) in [5.74, 6) is 0.782. The third-order valence-electron chi connectivity index (χ3n) is 3.39. The molecule has 0 saturated carbocycles. The fraction of sp³-hybridized carbons (Fsp3) is 0.533. The van der Waals surface area contributed by atoms with E-state index in [9.17, 15) is 0 Å². The van der Waals surface area contributed by atoms with Crippen molar-refractivity contribution >= 4 is 17.2 Å². The number of hydrogen-bond donors (Lipinski definition) is 1. The molecular formula is C15H21NO2S. The van der Waals surface area contributed by atoms with Gasteiger partial charge in [-0.1, -0.05) is 24.4 Å². The van der Waals surface area contributed by atoms with Gasteiger partial charge in [-0.05, 0) is 39.8 Å². The van der Waals surface area contributed by atoms with Crippen LogP contribution in [0.3, 0.4) is 0 Å². The first-order valence-electron chi connectivity index (χ1n) is 6.46. The summed E-state index contributed by atoms with van der Waals surface area (Å²) >= 11 is 4.98. The van der Waals surface area contributed by atoms with Crippen LogP contribution in [0.4, 0.5) is 0 Å². The van der Waals surface area contributed by atoms with Gasteiger partial charge in [0.05, 0.1) is 5.60 Å². The van der Waals surface area contributed by atoms with Crippen LogP contribution in [-0.2, 0) is 4.74 Å². The van der Waals surface area contributed by atoms with E-state index in [0.29, 0.717) is 4.99 Å². The van der Waals surface area contributed by atoms with Crippen LogP contribution >= 0.6 is 12.2 Å². The predicted octanol–water partition coefficient (Wildman–Crippen LogP) is 3.05. The molecule has 0 spiro atoms. The monoisotopic (exact) mass is 279 g/mol. The maximum atomic E-state index is 6.08. The van der Waals surface area contributed by atoms with Crippen molar-refractivity contribution in [2.24, 2.45) is 5.73 Å². The van der Waals surface area contributed by atoms with Gasteiger partial charge in [0, 0.05) is 12.0 Å². The Bertz CT molecular complexity index is 497. The molecule has 0 bridgehead atoms. The number of nitrogens with two attached hydrogens (primary N) is 1. The van der Waals surface area contributed by atoms with E-state index in [0.717, 1.165) is 17.7 Å². The normalized spacial score (nSPS) is 24.1. The Kier molecular flexibility index (Phi) is 3.58. The second kappa shape index (κ2) is 4.76. The molecular weight excluding hydrogens is 258 g/mol. The molecule has 3 nitrogen and oxygen atoms in total. The summed E-state index contributed by atoms with van der Waals surface area (Å²) in [6.07, 6.45) is 0.876. The van der Waals surface area contributed by atoms with Crippen LogP contribution in [0, 0.1) is 0 Å². The minimum absolute atomic E-state index is 0.0177. The Hall–Kier alpha value is -1.13. The highest BCUT2D eigenvalue weighted by Gasteiger charge is 2.47. The molecule has 1 aromatic rings. The lowest BCUT2D eigenvalue weighted by molar-refractivity contribution is -0.0846. The van der Waals surface area contributed by atoms with Crippen molar-refractivity contribution in [1.29, 1.82) is 0 Å². The molecule has 19 heavy (non-hydrogen) atoms. The van der Waals surface area contributed by atoms with Crippen molar-refractivity contribution in [3.05, 3.63) is 29.8 Å². The molecule has 1 heterocycles.